The van der Waals surface area contributed by atoms with Crippen molar-refractivity contribution in [3.05, 3.63) is 52.7 Å². The average Bonchev–Trinajstić information content (AvgIpc) is 2.85. The predicted molar refractivity (Wildman–Crippen MR) is 71.2 cm³/mol. The van der Waals surface area contributed by atoms with Gasteiger partial charge in [-0.05, 0) is 25.1 Å². The third-order valence-corrected chi connectivity index (χ3v) is 2.80. The lowest BCUT2D eigenvalue weighted by atomic mass is 10.2. The zero-order valence-corrected chi connectivity index (χ0v) is 11.2. The Morgan fingerprint density at radius 3 is 2.86 bits per heavy atom. The second-order valence-corrected chi connectivity index (χ2v) is 4.29. The molecule has 7 heteroatoms. The van der Waals surface area contributed by atoms with E-state index < -0.39 is 11.7 Å². The number of nitrogens with two attached hydrogens (primary N) is 1. The lowest BCUT2D eigenvalue weighted by molar-refractivity contribution is 0.0924. The molecule has 0 radical (unpaired) electrons. The number of hydrogen-bond donors (Lipinski definition) is 2. The number of carbonyl (C=O) groups is 2. The number of benzene rings is 1. The van der Waals surface area contributed by atoms with Gasteiger partial charge >= 0.3 is 5.91 Å². The molecule has 1 amide bonds. The van der Waals surface area contributed by atoms with E-state index >= 15 is 0 Å². The highest BCUT2D eigenvalue weighted by Crippen LogP contribution is 2.20. The van der Waals surface area contributed by atoms with Gasteiger partial charge in [-0.1, -0.05) is 0 Å². The molecule has 1 aromatic carbocycles. The molecule has 0 atom stereocenters. The molecule has 1 aromatic heterocycles. The van der Waals surface area contributed by atoms with Crippen molar-refractivity contribution in [3.63, 3.8) is 0 Å². The number of nitrogen functional groups attached to an aromatic ring is 1. The van der Waals surface area contributed by atoms with Crippen molar-refractivity contribution in [1.29, 1.82) is 0 Å². The number of nitrogens with one attached hydrogen (secondary N) is 1. The van der Waals surface area contributed by atoms with E-state index in [0.717, 1.165) is 12.1 Å². The van der Waals surface area contributed by atoms with Gasteiger partial charge in [0.25, 0.3) is 0 Å². The molecule has 1 heterocycles. The van der Waals surface area contributed by atoms with Crippen LogP contribution in [0.25, 0.3) is 0 Å². The van der Waals surface area contributed by atoms with Crippen molar-refractivity contribution in [1.82, 2.24) is 5.43 Å². The molecule has 21 heavy (non-hydrogen) atoms. The summed E-state index contributed by atoms with van der Waals surface area (Å²) in [5.74, 6) is 4.64. The first kappa shape index (κ1) is 14.7. The number of furan rings is 1. The molecule has 0 aliphatic rings. The Morgan fingerprint density at radius 1 is 1.43 bits per heavy atom. The fourth-order valence-electron chi connectivity index (χ4n) is 1.74. The zero-order chi connectivity index (χ0) is 15.4. The second kappa shape index (κ2) is 6.19. The molecule has 2 rings (SSSR count). The summed E-state index contributed by atoms with van der Waals surface area (Å²) in [6, 6.07) is 5.17. The van der Waals surface area contributed by atoms with Crippen LogP contribution in [-0.2, 0) is 6.61 Å². The molecule has 0 saturated heterocycles. The molecule has 3 N–H and O–H groups in total. The lowest BCUT2D eigenvalue weighted by Gasteiger charge is -2.06. The number of aryl methyl sites for hydroxylation is 1. The van der Waals surface area contributed by atoms with Gasteiger partial charge in [0.05, 0.1) is 0 Å². The Balaban J connectivity index is 2.13. The average molecular weight is 292 g/mol. The van der Waals surface area contributed by atoms with Gasteiger partial charge in [0.1, 0.15) is 30.2 Å². The highest BCUT2D eigenvalue weighted by molar-refractivity contribution is 5.91. The fourth-order valence-corrected chi connectivity index (χ4v) is 1.74. The van der Waals surface area contributed by atoms with E-state index in [9.17, 15) is 14.0 Å². The van der Waals surface area contributed by atoms with E-state index in [1.807, 2.05) is 5.43 Å². The smallest absolute Gasteiger partial charge is 0.300 e. The summed E-state index contributed by atoms with van der Waals surface area (Å²) in [7, 11) is 0. The van der Waals surface area contributed by atoms with E-state index in [0.29, 0.717) is 17.6 Å². The summed E-state index contributed by atoms with van der Waals surface area (Å²) in [4.78, 5) is 22.0. The number of hydrogen-bond acceptors (Lipinski definition) is 5. The minimum absolute atomic E-state index is 0.0569. The van der Waals surface area contributed by atoms with Crippen molar-refractivity contribution in [2.75, 3.05) is 0 Å². The van der Waals surface area contributed by atoms with E-state index in [-0.39, 0.29) is 23.7 Å². The summed E-state index contributed by atoms with van der Waals surface area (Å²) >= 11 is 0. The Labute approximate surface area is 119 Å². The van der Waals surface area contributed by atoms with Crippen LogP contribution in [0.2, 0.25) is 0 Å². The normalized spacial score (nSPS) is 10.2. The van der Waals surface area contributed by atoms with E-state index in [1.165, 1.54) is 12.1 Å². The largest absolute Gasteiger partial charge is 0.489 e. The fraction of sp³-hybridized carbons (Fsp3) is 0.143. The minimum Gasteiger partial charge on any atom is -0.489 e. The van der Waals surface area contributed by atoms with Crippen LogP contribution in [0.5, 0.6) is 5.75 Å². The Bertz CT molecular complexity index is 682. The molecule has 0 saturated carbocycles. The molecule has 0 unspecified atom stereocenters. The number of hydrazine groups is 1. The van der Waals surface area contributed by atoms with Gasteiger partial charge in [-0.15, -0.1) is 0 Å². The third kappa shape index (κ3) is 3.46. The van der Waals surface area contributed by atoms with Crippen LogP contribution in [0.1, 0.15) is 32.2 Å². The Morgan fingerprint density at radius 2 is 2.19 bits per heavy atom. The van der Waals surface area contributed by atoms with E-state index in [2.05, 4.69) is 0 Å². The van der Waals surface area contributed by atoms with Gasteiger partial charge in [-0.2, -0.15) is 0 Å². The maximum atomic E-state index is 13.3. The molecule has 0 spiro atoms. The first-order valence-corrected chi connectivity index (χ1v) is 6.02. The van der Waals surface area contributed by atoms with Crippen molar-refractivity contribution >= 4 is 12.2 Å². The highest BCUT2D eigenvalue weighted by Gasteiger charge is 2.14. The topological polar surface area (TPSA) is 94.6 Å². The Kier molecular flexibility index (Phi) is 4.34. The maximum absolute atomic E-state index is 13.3. The maximum Gasteiger partial charge on any atom is 0.300 e. The van der Waals surface area contributed by atoms with Crippen LogP contribution in [0.4, 0.5) is 4.39 Å². The molecule has 0 aliphatic carbocycles. The predicted octanol–water partition coefficient (Wildman–Crippen LogP) is 1.72. The first-order valence-electron chi connectivity index (χ1n) is 6.02. The molecule has 0 aliphatic heterocycles. The lowest BCUT2D eigenvalue weighted by Crippen LogP contribution is -2.29. The van der Waals surface area contributed by atoms with Gasteiger partial charge in [0, 0.05) is 17.2 Å². The SMILES string of the molecule is Cc1oc(C(=O)NN)cc1COc1cc(F)cc(C=O)c1. The minimum atomic E-state index is -0.568. The summed E-state index contributed by atoms with van der Waals surface area (Å²) in [5, 5.41) is 0. The molecule has 0 fully saturated rings. The zero-order valence-electron chi connectivity index (χ0n) is 11.2. The van der Waals surface area contributed by atoms with Gasteiger partial charge in [-0.3, -0.25) is 15.0 Å². The standard InChI is InChI=1S/C14H13FN2O4/c1-8-10(4-13(21-8)14(19)17-16)7-20-12-3-9(6-18)2-11(15)5-12/h2-6H,7,16H2,1H3,(H,17,19). The number of aldehydes is 1. The first-order chi connectivity index (χ1) is 10.0. The summed E-state index contributed by atoms with van der Waals surface area (Å²) < 4.78 is 23.9. The number of rotatable bonds is 5. The quantitative estimate of drug-likeness (QED) is 0.379. The molecule has 6 nitrogen and oxygen atoms in total. The molecular weight excluding hydrogens is 279 g/mol. The summed E-state index contributed by atoms with van der Waals surface area (Å²) in [6.45, 7) is 1.73. The third-order valence-electron chi connectivity index (χ3n) is 2.80. The molecular formula is C14H13FN2O4. The second-order valence-electron chi connectivity index (χ2n) is 4.29. The number of halogens is 1. The van der Waals surface area contributed by atoms with Crippen molar-refractivity contribution in [3.8, 4) is 5.75 Å². The summed E-state index contributed by atoms with van der Waals surface area (Å²) in [6.07, 6.45) is 0.530. The van der Waals surface area contributed by atoms with Crippen LogP contribution >= 0.6 is 0 Å². The van der Waals surface area contributed by atoms with Crippen molar-refractivity contribution in [2.24, 2.45) is 5.84 Å². The number of amides is 1. The van der Waals surface area contributed by atoms with Gasteiger partial charge in [-0.25, -0.2) is 10.2 Å². The molecule has 2 aromatic rings. The van der Waals surface area contributed by atoms with Crippen molar-refractivity contribution < 1.29 is 23.1 Å². The Hall–Kier alpha value is -2.67. The summed E-state index contributed by atoms with van der Waals surface area (Å²) in [5.41, 5.74) is 2.75. The van der Waals surface area contributed by atoms with E-state index in [1.54, 1.807) is 6.92 Å². The van der Waals surface area contributed by atoms with Gasteiger partial charge in [0.2, 0.25) is 0 Å². The van der Waals surface area contributed by atoms with Crippen LogP contribution in [0.3, 0.4) is 0 Å². The van der Waals surface area contributed by atoms with Crippen molar-refractivity contribution in [2.45, 2.75) is 13.5 Å². The monoisotopic (exact) mass is 292 g/mol. The number of ether oxygens (including phenoxy) is 1. The highest BCUT2D eigenvalue weighted by atomic mass is 19.1. The van der Waals surface area contributed by atoms with Crippen LogP contribution in [0.15, 0.2) is 28.7 Å². The molecule has 0 bridgehead atoms. The molecule has 110 valence electrons. The number of carbonyl (C=O) groups excluding carboxylic acids is 2. The van der Waals surface area contributed by atoms with Gasteiger partial charge < -0.3 is 9.15 Å². The van der Waals surface area contributed by atoms with Crippen LogP contribution in [-0.4, -0.2) is 12.2 Å². The van der Waals surface area contributed by atoms with Crippen LogP contribution in [0, 0.1) is 12.7 Å². The van der Waals surface area contributed by atoms with Gasteiger partial charge in [0.15, 0.2) is 5.76 Å². The van der Waals surface area contributed by atoms with E-state index in [4.69, 9.17) is 15.0 Å². The van der Waals surface area contributed by atoms with Crippen LogP contribution < -0.4 is 16.0 Å².